The Kier molecular flexibility index (Phi) is 4.17. The van der Waals surface area contributed by atoms with Crippen molar-refractivity contribution in [2.45, 2.75) is 32.0 Å². The van der Waals surface area contributed by atoms with Crippen molar-refractivity contribution in [1.29, 1.82) is 0 Å². The van der Waals surface area contributed by atoms with E-state index in [1.807, 2.05) is 37.3 Å². The highest BCUT2D eigenvalue weighted by Gasteiger charge is 2.47. The number of piperidine rings is 1. The number of methoxy groups -OCH3 is 1. The van der Waals surface area contributed by atoms with Crippen LogP contribution in [0, 0.1) is 6.92 Å². The number of amides is 1. The van der Waals surface area contributed by atoms with Crippen molar-refractivity contribution in [2.75, 3.05) is 20.2 Å². The molecule has 3 aliphatic rings. The van der Waals surface area contributed by atoms with Crippen LogP contribution in [-0.2, 0) is 6.54 Å². The minimum absolute atomic E-state index is 0.119. The molecular weight excluding hydrogens is 314 g/mol. The summed E-state index contributed by atoms with van der Waals surface area (Å²) in [6.07, 6.45) is 1.10. The second-order valence-electron chi connectivity index (χ2n) is 6.95. The van der Waals surface area contributed by atoms with Gasteiger partial charge in [-0.05, 0) is 43.7 Å². The highest BCUT2D eigenvalue weighted by Crippen LogP contribution is 2.34. The van der Waals surface area contributed by atoms with E-state index in [0.29, 0.717) is 17.6 Å². The molecule has 3 fully saturated rings. The van der Waals surface area contributed by atoms with Crippen molar-refractivity contribution in [3.63, 3.8) is 0 Å². The number of pyridine rings is 1. The number of hydrogen-bond donors (Lipinski definition) is 0. The van der Waals surface area contributed by atoms with Crippen molar-refractivity contribution >= 4 is 5.91 Å². The number of ether oxygens (including phenoxy) is 1. The molecule has 5 nitrogen and oxygen atoms in total. The van der Waals surface area contributed by atoms with E-state index in [-0.39, 0.29) is 5.91 Å². The number of rotatable bonds is 4. The van der Waals surface area contributed by atoms with E-state index in [1.165, 1.54) is 0 Å². The SMILES string of the molecule is COc1cccc(C(=O)N2C3CC2CN(Cc2cccc(C)n2)C3)c1. The molecule has 5 heteroatoms. The Morgan fingerprint density at radius 1 is 1.20 bits per heavy atom. The molecule has 2 unspecified atom stereocenters. The van der Waals surface area contributed by atoms with Gasteiger partial charge in [-0.15, -0.1) is 0 Å². The van der Waals surface area contributed by atoms with E-state index in [0.717, 1.165) is 43.2 Å². The fourth-order valence-corrected chi connectivity index (χ4v) is 3.98. The second kappa shape index (κ2) is 6.48. The standard InChI is InChI=1S/C20H23N3O2/c1-14-5-3-7-16(21-14)11-22-12-17-10-18(13-22)23(17)20(24)15-6-4-8-19(9-15)25-2/h3-9,17-18H,10-13H2,1-2H3. The molecule has 2 aromatic rings. The van der Waals surface area contributed by atoms with Crippen LogP contribution in [0.3, 0.4) is 0 Å². The van der Waals surface area contributed by atoms with Crippen molar-refractivity contribution in [2.24, 2.45) is 0 Å². The number of nitrogens with zero attached hydrogens (tertiary/aromatic N) is 3. The van der Waals surface area contributed by atoms with E-state index in [9.17, 15) is 4.79 Å². The third-order valence-corrected chi connectivity index (χ3v) is 5.15. The lowest BCUT2D eigenvalue weighted by Gasteiger charge is -2.56. The van der Waals surface area contributed by atoms with Crippen molar-refractivity contribution in [1.82, 2.24) is 14.8 Å². The van der Waals surface area contributed by atoms with E-state index >= 15 is 0 Å². The summed E-state index contributed by atoms with van der Waals surface area (Å²) < 4.78 is 5.24. The number of carbonyl (C=O) groups excluding carboxylic acids is 1. The van der Waals surface area contributed by atoms with Gasteiger partial charge in [-0.1, -0.05) is 12.1 Å². The zero-order valence-corrected chi connectivity index (χ0v) is 14.7. The van der Waals surface area contributed by atoms with Crippen LogP contribution in [0.1, 0.15) is 28.2 Å². The molecule has 4 heterocycles. The molecule has 130 valence electrons. The van der Waals surface area contributed by atoms with Gasteiger partial charge >= 0.3 is 0 Å². The number of aryl methyl sites for hydroxylation is 1. The predicted molar refractivity (Wildman–Crippen MR) is 95.6 cm³/mol. The lowest BCUT2D eigenvalue weighted by molar-refractivity contribution is -0.0503. The molecular formula is C20H23N3O2. The quantitative estimate of drug-likeness (QED) is 0.860. The van der Waals surface area contributed by atoms with Gasteiger partial charge in [-0.25, -0.2) is 0 Å². The molecule has 5 rings (SSSR count). The zero-order valence-electron chi connectivity index (χ0n) is 14.7. The van der Waals surface area contributed by atoms with Crippen LogP contribution in [0.4, 0.5) is 0 Å². The Morgan fingerprint density at radius 2 is 1.96 bits per heavy atom. The topological polar surface area (TPSA) is 45.7 Å². The fourth-order valence-electron chi connectivity index (χ4n) is 3.98. The minimum atomic E-state index is 0.119. The normalized spacial score (nSPS) is 22.4. The van der Waals surface area contributed by atoms with Crippen molar-refractivity contribution < 1.29 is 9.53 Å². The van der Waals surface area contributed by atoms with Crippen LogP contribution in [-0.4, -0.2) is 53.0 Å². The summed E-state index contributed by atoms with van der Waals surface area (Å²) in [5.41, 5.74) is 2.87. The number of hydrogen-bond acceptors (Lipinski definition) is 4. The molecule has 1 aromatic carbocycles. The summed E-state index contributed by atoms with van der Waals surface area (Å²) in [5.74, 6) is 0.845. The molecule has 0 radical (unpaired) electrons. The van der Waals surface area contributed by atoms with Crippen molar-refractivity contribution in [3.8, 4) is 5.75 Å². The zero-order chi connectivity index (χ0) is 17.4. The summed E-state index contributed by atoms with van der Waals surface area (Å²) in [4.78, 5) is 21.9. The van der Waals surface area contributed by atoms with Gasteiger partial charge in [0.2, 0.25) is 0 Å². The Morgan fingerprint density at radius 3 is 2.68 bits per heavy atom. The highest BCUT2D eigenvalue weighted by molar-refractivity contribution is 5.95. The summed E-state index contributed by atoms with van der Waals surface area (Å²) in [5, 5.41) is 0. The predicted octanol–water partition coefficient (Wildman–Crippen LogP) is 2.50. The first-order valence-electron chi connectivity index (χ1n) is 8.75. The highest BCUT2D eigenvalue weighted by atomic mass is 16.5. The van der Waals surface area contributed by atoms with Gasteiger partial charge < -0.3 is 9.64 Å². The van der Waals surface area contributed by atoms with Crippen LogP contribution >= 0.6 is 0 Å². The Balaban J connectivity index is 1.42. The number of carbonyl (C=O) groups is 1. The van der Waals surface area contributed by atoms with E-state index < -0.39 is 0 Å². The van der Waals surface area contributed by atoms with E-state index in [1.54, 1.807) is 7.11 Å². The van der Waals surface area contributed by atoms with Gasteiger partial charge in [-0.2, -0.15) is 0 Å². The number of benzene rings is 1. The molecule has 0 N–H and O–H groups in total. The summed E-state index contributed by atoms with van der Waals surface area (Å²) in [7, 11) is 1.62. The molecule has 3 saturated heterocycles. The minimum Gasteiger partial charge on any atom is -0.497 e. The molecule has 0 saturated carbocycles. The third kappa shape index (κ3) is 3.12. The van der Waals surface area contributed by atoms with Crippen molar-refractivity contribution in [3.05, 3.63) is 59.4 Å². The molecule has 2 bridgehead atoms. The first-order valence-corrected chi connectivity index (χ1v) is 8.75. The molecule has 1 aromatic heterocycles. The average molecular weight is 337 g/mol. The first-order chi connectivity index (χ1) is 12.1. The summed E-state index contributed by atoms with van der Waals surface area (Å²) >= 11 is 0. The average Bonchev–Trinajstić information content (AvgIpc) is 2.61. The molecule has 3 aliphatic heterocycles. The lowest BCUT2D eigenvalue weighted by atomic mass is 9.86. The van der Waals surface area contributed by atoms with Crippen LogP contribution in [0.2, 0.25) is 0 Å². The summed E-state index contributed by atoms with van der Waals surface area (Å²) in [6, 6.07) is 14.2. The van der Waals surface area contributed by atoms with Gasteiger partial charge in [0, 0.05) is 43.0 Å². The van der Waals surface area contributed by atoms with E-state index in [4.69, 9.17) is 4.74 Å². The van der Waals surface area contributed by atoms with Gasteiger partial charge in [0.15, 0.2) is 0 Å². The second-order valence-corrected chi connectivity index (χ2v) is 6.95. The molecule has 2 atom stereocenters. The van der Waals surface area contributed by atoms with Gasteiger partial charge in [0.1, 0.15) is 5.75 Å². The number of piperazine rings is 1. The van der Waals surface area contributed by atoms with Crippen LogP contribution in [0.15, 0.2) is 42.5 Å². The maximum atomic E-state index is 12.9. The monoisotopic (exact) mass is 337 g/mol. The van der Waals surface area contributed by atoms with Crippen LogP contribution in [0.5, 0.6) is 5.75 Å². The van der Waals surface area contributed by atoms with Crippen LogP contribution in [0.25, 0.3) is 0 Å². The molecule has 1 amide bonds. The smallest absolute Gasteiger partial charge is 0.254 e. The maximum Gasteiger partial charge on any atom is 0.254 e. The Bertz CT molecular complexity index is 780. The van der Waals surface area contributed by atoms with Crippen LogP contribution < -0.4 is 4.74 Å². The molecule has 25 heavy (non-hydrogen) atoms. The maximum absolute atomic E-state index is 12.9. The Labute approximate surface area is 148 Å². The summed E-state index contributed by atoms with van der Waals surface area (Å²) in [6.45, 7) is 4.71. The van der Waals surface area contributed by atoms with Gasteiger partial charge in [0.05, 0.1) is 12.8 Å². The van der Waals surface area contributed by atoms with Gasteiger partial charge in [-0.3, -0.25) is 14.7 Å². The van der Waals surface area contributed by atoms with Gasteiger partial charge in [0.25, 0.3) is 5.91 Å². The van der Waals surface area contributed by atoms with E-state index in [2.05, 4.69) is 26.9 Å². The Hall–Kier alpha value is -2.40. The number of aromatic nitrogens is 1. The molecule has 0 spiro atoms. The third-order valence-electron chi connectivity index (χ3n) is 5.15. The molecule has 0 aliphatic carbocycles. The number of fused-ring (bicyclic) bond motifs is 2. The lowest BCUT2D eigenvalue weighted by Crippen LogP contribution is -2.69. The first kappa shape index (κ1) is 16.1. The largest absolute Gasteiger partial charge is 0.497 e. The fraction of sp³-hybridized carbons (Fsp3) is 0.400.